The summed E-state index contributed by atoms with van der Waals surface area (Å²) in [5.41, 5.74) is 1.43. The number of piperidine rings is 1. The van der Waals surface area contributed by atoms with Gasteiger partial charge in [0.1, 0.15) is 24.0 Å². The summed E-state index contributed by atoms with van der Waals surface area (Å²) in [7, 11) is 0. The Morgan fingerprint density at radius 1 is 0.972 bits per heavy atom. The minimum absolute atomic E-state index is 0.0186. The van der Waals surface area contributed by atoms with Crippen LogP contribution in [0.5, 0.6) is 5.75 Å². The van der Waals surface area contributed by atoms with Crippen molar-refractivity contribution in [1.29, 1.82) is 0 Å². The smallest absolute Gasteiger partial charge is 0.328 e. The molecule has 2 aromatic rings. The first-order chi connectivity index (χ1) is 17.2. The van der Waals surface area contributed by atoms with Gasteiger partial charge in [0.2, 0.25) is 0 Å². The number of halogens is 2. The summed E-state index contributed by atoms with van der Waals surface area (Å²) in [6.07, 6.45) is 3.18. The van der Waals surface area contributed by atoms with Gasteiger partial charge in [-0.1, -0.05) is 0 Å². The molecule has 2 aliphatic heterocycles. The van der Waals surface area contributed by atoms with E-state index in [2.05, 4.69) is 4.90 Å². The maximum absolute atomic E-state index is 13.4. The Bertz CT molecular complexity index is 1080. The van der Waals surface area contributed by atoms with Crippen LogP contribution in [0, 0.1) is 17.6 Å². The molecule has 0 atom stereocenters. The number of fused-ring (bicyclic) bond motifs is 1. The molecule has 36 heavy (non-hydrogen) atoms. The van der Waals surface area contributed by atoms with Gasteiger partial charge in [-0.3, -0.25) is 9.69 Å². The van der Waals surface area contributed by atoms with Crippen LogP contribution in [0.2, 0.25) is 0 Å². The molecule has 4 rings (SSSR count). The summed E-state index contributed by atoms with van der Waals surface area (Å²) in [6, 6.07) is 10.5. The lowest BCUT2D eigenvalue weighted by molar-refractivity contribution is -0.134. The van der Waals surface area contributed by atoms with Gasteiger partial charge in [0.25, 0.3) is 5.91 Å². The van der Waals surface area contributed by atoms with E-state index >= 15 is 0 Å². The lowest BCUT2D eigenvalue weighted by atomic mass is 9.96. The van der Waals surface area contributed by atoms with Crippen LogP contribution in [0.15, 0.2) is 54.6 Å². The SMILES string of the molecule is O=C(O)C=CC(=O)O.O=C1c2ccc(F)cc2CN1CC1CCN(CCOc2ccc(F)cc2)CC1. The summed E-state index contributed by atoms with van der Waals surface area (Å²) >= 11 is 0. The molecule has 0 aromatic heterocycles. The van der Waals surface area contributed by atoms with Crippen molar-refractivity contribution in [1.82, 2.24) is 9.80 Å². The Balaban J connectivity index is 0.000000392. The maximum atomic E-state index is 13.4. The first kappa shape index (κ1) is 26.8. The molecule has 0 unspecified atom stereocenters. The standard InChI is InChI=1S/C22H24F2N2O2.C4H4O4/c23-18-1-4-20(5-2-18)28-12-11-25-9-7-16(8-10-25)14-26-15-17-13-19(24)3-6-21(17)22(26)27;5-3(6)1-2-4(7)8/h1-6,13,16H,7-12,14-15H2;1-2H,(H,5,6)(H,7,8). The molecule has 2 aromatic carbocycles. The average molecular weight is 503 g/mol. The second kappa shape index (κ2) is 12.8. The van der Waals surface area contributed by atoms with Crippen LogP contribution in [0.25, 0.3) is 0 Å². The second-order valence-corrected chi connectivity index (χ2v) is 8.58. The Hall–Kier alpha value is -3.79. The lowest BCUT2D eigenvalue weighted by Gasteiger charge is -2.33. The zero-order valence-electron chi connectivity index (χ0n) is 19.6. The van der Waals surface area contributed by atoms with Crippen LogP contribution >= 0.6 is 0 Å². The number of ether oxygens (including phenoxy) is 1. The molecule has 0 spiro atoms. The summed E-state index contributed by atoms with van der Waals surface area (Å²) in [5.74, 6) is -1.90. The summed E-state index contributed by atoms with van der Waals surface area (Å²) in [5, 5.41) is 15.6. The fraction of sp³-hybridized carbons (Fsp3) is 0.346. The number of carboxylic acids is 2. The van der Waals surface area contributed by atoms with Crippen molar-refractivity contribution in [2.24, 2.45) is 5.92 Å². The highest BCUT2D eigenvalue weighted by molar-refractivity contribution is 5.98. The number of rotatable bonds is 8. The van der Waals surface area contributed by atoms with Gasteiger partial charge >= 0.3 is 11.9 Å². The molecule has 2 aliphatic rings. The Morgan fingerprint density at radius 3 is 2.19 bits per heavy atom. The topological polar surface area (TPSA) is 107 Å². The number of amides is 1. The monoisotopic (exact) mass is 502 g/mol. The summed E-state index contributed by atoms with van der Waals surface area (Å²) < 4.78 is 31.9. The minimum Gasteiger partial charge on any atom is -0.492 e. The van der Waals surface area contributed by atoms with E-state index in [9.17, 15) is 23.2 Å². The van der Waals surface area contributed by atoms with Crippen molar-refractivity contribution < 1.29 is 38.1 Å². The van der Waals surface area contributed by atoms with Gasteiger partial charge in [-0.05, 0) is 79.9 Å². The predicted octanol–water partition coefficient (Wildman–Crippen LogP) is 3.42. The van der Waals surface area contributed by atoms with Crippen LogP contribution in [0.4, 0.5) is 8.78 Å². The molecule has 1 fully saturated rings. The van der Waals surface area contributed by atoms with Crippen molar-refractivity contribution in [3.05, 3.63) is 77.4 Å². The number of carbonyl (C=O) groups excluding carboxylic acids is 1. The van der Waals surface area contributed by atoms with Gasteiger partial charge < -0.3 is 19.8 Å². The van der Waals surface area contributed by atoms with E-state index < -0.39 is 11.9 Å². The number of likely N-dealkylation sites (tertiary alicyclic amines) is 1. The first-order valence-corrected chi connectivity index (χ1v) is 11.5. The van der Waals surface area contributed by atoms with E-state index in [-0.39, 0.29) is 17.5 Å². The van der Waals surface area contributed by atoms with Crippen LogP contribution in [0.3, 0.4) is 0 Å². The van der Waals surface area contributed by atoms with E-state index in [4.69, 9.17) is 14.9 Å². The maximum Gasteiger partial charge on any atom is 0.328 e. The first-order valence-electron chi connectivity index (χ1n) is 11.5. The fourth-order valence-corrected chi connectivity index (χ4v) is 4.17. The van der Waals surface area contributed by atoms with Crippen LogP contribution < -0.4 is 4.74 Å². The third kappa shape index (κ3) is 8.16. The average Bonchev–Trinajstić information content (AvgIpc) is 3.14. The molecule has 2 heterocycles. The van der Waals surface area contributed by atoms with E-state index in [0.717, 1.165) is 44.6 Å². The van der Waals surface area contributed by atoms with E-state index in [0.29, 0.717) is 42.5 Å². The lowest BCUT2D eigenvalue weighted by Crippen LogP contribution is -2.40. The third-order valence-electron chi connectivity index (χ3n) is 5.99. The van der Waals surface area contributed by atoms with E-state index in [1.165, 1.54) is 24.3 Å². The largest absolute Gasteiger partial charge is 0.492 e. The normalized spacial score (nSPS) is 15.9. The van der Waals surface area contributed by atoms with Crippen molar-refractivity contribution in [2.75, 3.05) is 32.8 Å². The van der Waals surface area contributed by atoms with Gasteiger partial charge in [-0.15, -0.1) is 0 Å². The highest BCUT2D eigenvalue weighted by Gasteiger charge is 2.30. The predicted molar refractivity (Wildman–Crippen MR) is 127 cm³/mol. The van der Waals surface area contributed by atoms with Crippen molar-refractivity contribution in [3.63, 3.8) is 0 Å². The van der Waals surface area contributed by atoms with Gasteiger partial charge in [0.05, 0.1) is 0 Å². The molecule has 8 nitrogen and oxygen atoms in total. The number of hydrogen-bond donors (Lipinski definition) is 2. The van der Waals surface area contributed by atoms with Crippen LogP contribution in [0.1, 0.15) is 28.8 Å². The quantitative estimate of drug-likeness (QED) is 0.533. The number of carboxylic acid groups (broad SMARTS) is 2. The third-order valence-corrected chi connectivity index (χ3v) is 5.99. The van der Waals surface area contributed by atoms with E-state index in [1.54, 1.807) is 18.2 Å². The number of hydrogen-bond acceptors (Lipinski definition) is 5. The molecule has 1 amide bonds. The molecular weight excluding hydrogens is 474 g/mol. The summed E-state index contributed by atoms with van der Waals surface area (Å²) in [6.45, 7) is 4.59. The second-order valence-electron chi connectivity index (χ2n) is 8.58. The van der Waals surface area contributed by atoms with Crippen molar-refractivity contribution in [2.45, 2.75) is 19.4 Å². The van der Waals surface area contributed by atoms with Crippen molar-refractivity contribution >= 4 is 17.8 Å². The number of aliphatic carboxylic acids is 2. The van der Waals surface area contributed by atoms with Gasteiger partial charge in [0.15, 0.2) is 0 Å². The molecule has 2 N–H and O–H groups in total. The van der Waals surface area contributed by atoms with Crippen LogP contribution in [-0.2, 0) is 16.1 Å². The molecule has 0 saturated carbocycles. The molecule has 192 valence electrons. The fourth-order valence-electron chi connectivity index (χ4n) is 4.17. The van der Waals surface area contributed by atoms with E-state index in [1.807, 2.05) is 4.90 Å². The van der Waals surface area contributed by atoms with Gasteiger partial charge in [-0.25, -0.2) is 18.4 Å². The minimum atomic E-state index is -1.26. The number of carbonyl (C=O) groups is 3. The Kier molecular flexibility index (Phi) is 9.52. The van der Waals surface area contributed by atoms with Gasteiger partial charge in [0, 0.05) is 37.3 Å². The molecule has 10 heteroatoms. The van der Waals surface area contributed by atoms with Crippen molar-refractivity contribution in [3.8, 4) is 5.75 Å². The summed E-state index contributed by atoms with van der Waals surface area (Å²) in [4.78, 5) is 35.8. The molecule has 0 radical (unpaired) electrons. The number of nitrogens with zero attached hydrogens (tertiary/aromatic N) is 2. The number of benzene rings is 2. The highest BCUT2D eigenvalue weighted by atomic mass is 19.1. The molecule has 0 aliphatic carbocycles. The van der Waals surface area contributed by atoms with Crippen LogP contribution in [-0.4, -0.2) is 70.6 Å². The zero-order chi connectivity index (χ0) is 26.1. The molecular formula is C26H28F2N2O6. The molecule has 0 bridgehead atoms. The Labute approximate surface area is 207 Å². The molecule has 1 saturated heterocycles. The highest BCUT2D eigenvalue weighted by Crippen LogP contribution is 2.27. The zero-order valence-corrected chi connectivity index (χ0v) is 19.6. The Morgan fingerprint density at radius 2 is 1.58 bits per heavy atom. The van der Waals surface area contributed by atoms with Gasteiger partial charge in [-0.2, -0.15) is 0 Å².